The Bertz CT molecular complexity index is 1350. The number of benzene rings is 1. The molecule has 36 heavy (non-hydrogen) atoms. The number of ether oxygens (including phenoxy) is 2. The zero-order valence-corrected chi connectivity index (χ0v) is 20.5. The Kier molecular flexibility index (Phi) is 6.48. The molecule has 0 radical (unpaired) electrons. The van der Waals surface area contributed by atoms with E-state index in [1.807, 2.05) is 18.3 Å². The number of hydrogen-bond acceptors (Lipinski definition) is 8. The number of imidazole rings is 1. The molecule has 186 valence electrons. The molecule has 0 spiro atoms. The van der Waals surface area contributed by atoms with Gasteiger partial charge in [-0.15, -0.1) is 0 Å². The summed E-state index contributed by atoms with van der Waals surface area (Å²) in [5.74, 6) is 2.57. The number of nitrogens with zero attached hydrogens (tertiary/aromatic N) is 5. The number of nitrogens with one attached hydrogen (secondary N) is 2. The van der Waals surface area contributed by atoms with E-state index in [-0.39, 0.29) is 0 Å². The third-order valence-electron chi connectivity index (χ3n) is 6.78. The molecule has 9 nitrogen and oxygen atoms in total. The molecule has 0 bridgehead atoms. The van der Waals surface area contributed by atoms with Crippen molar-refractivity contribution in [2.75, 3.05) is 39.9 Å². The zero-order chi connectivity index (χ0) is 24.3. The summed E-state index contributed by atoms with van der Waals surface area (Å²) in [6.07, 6.45) is 6.51. The van der Waals surface area contributed by atoms with Crippen LogP contribution < -0.4 is 14.8 Å². The number of piperazine rings is 1. The Morgan fingerprint density at radius 1 is 1.06 bits per heavy atom. The average molecular weight is 486 g/mol. The summed E-state index contributed by atoms with van der Waals surface area (Å²) >= 11 is 0. The number of fused-ring (bicyclic) bond motifs is 1. The number of H-pyrrole nitrogens is 1. The first-order chi connectivity index (χ1) is 17.7. The van der Waals surface area contributed by atoms with Crippen molar-refractivity contribution in [2.24, 2.45) is 5.92 Å². The molecule has 6 rings (SSSR count). The van der Waals surface area contributed by atoms with Crippen LogP contribution in [-0.2, 0) is 13.0 Å². The predicted octanol–water partition coefficient (Wildman–Crippen LogP) is 3.21. The molecular formula is C27H31N7O2. The molecule has 2 fully saturated rings. The van der Waals surface area contributed by atoms with Crippen molar-refractivity contribution in [3.8, 4) is 22.9 Å². The molecular weight excluding hydrogens is 454 g/mol. The summed E-state index contributed by atoms with van der Waals surface area (Å²) in [5, 5.41) is 3.41. The Hall–Kier alpha value is -3.56. The largest absolute Gasteiger partial charge is 0.490 e. The van der Waals surface area contributed by atoms with E-state index in [9.17, 15) is 0 Å². The number of methoxy groups -OCH3 is 1. The highest BCUT2D eigenvalue weighted by atomic mass is 16.5. The first-order valence-electron chi connectivity index (χ1n) is 12.6. The van der Waals surface area contributed by atoms with Crippen LogP contribution in [0.1, 0.15) is 29.9 Å². The van der Waals surface area contributed by atoms with Crippen LogP contribution in [0.25, 0.3) is 22.3 Å². The first-order valence-corrected chi connectivity index (χ1v) is 12.6. The predicted molar refractivity (Wildman–Crippen MR) is 137 cm³/mol. The zero-order valence-electron chi connectivity index (χ0n) is 20.5. The number of aromatic amines is 1. The lowest BCUT2D eigenvalue weighted by Crippen LogP contribution is -2.42. The highest BCUT2D eigenvalue weighted by Gasteiger charge is 2.24. The standard InChI is InChI=1S/C27H31N7O2/c1-35-26-25(30-17-31-27(26)36-16-18-2-3-18)20-4-5-22-23(13-20)33-24(32-22)14-21-12-19(6-7-29-21)15-34-10-8-28-9-11-34/h4-7,12-13,17-18,28H,2-3,8-11,14-16H2,1H3,(H,32,33). The minimum absolute atomic E-state index is 0.492. The van der Waals surface area contributed by atoms with Crippen molar-refractivity contribution in [1.29, 1.82) is 0 Å². The van der Waals surface area contributed by atoms with Crippen LogP contribution in [-0.4, -0.2) is 69.7 Å². The minimum atomic E-state index is 0.492. The Labute approximate surface area is 210 Å². The molecule has 3 aromatic heterocycles. The van der Waals surface area contributed by atoms with E-state index in [2.05, 4.69) is 48.4 Å². The molecule has 1 aliphatic heterocycles. The fourth-order valence-corrected chi connectivity index (χ4v) is 4.65. The van der Waals surface area contributed by atoms with Crippen molar-refractivity contribution in [2.45, 2.75) is 25.8 Å². The maximum atomic E-state index is 5.92. The van der Waals surface area contributed by atoms with Crippen LogP contribution in [0.2, 0.25) is 0 Å². The summed E-state index contributed by atoms with van der Waals surface area (Å²) in [6, 6.07) is 10.4. The quantitative estimate of drug-likeness (QED) is 0.373. The smallest absolute Gasteiger partial charge is 0.260 e. The van der Waals surface area contributed by atoms with Crippen LogP contribution in [0.5, 0.6) is 11.6 Å². The van der Waals surface area contributed by atoms with Crippen molar-refractivity contribution < 1.29 is 9.47 Å². The van der Waals surface area contributed by atoms with E-state index >= 15 is 0 Å². The Morgan fingerprint density at radius 3 is 2.78 bits per heavy atom. The third-order valence-corrected chi connectivity index (χ3v) is 6.78. The van der Waals surface area contributed by atoms with Gasteiger partial charge in [-0.05, 0) is 48.6 Å². The summed E-state index contributed by atoms with van der Waals surface area (Å²) in [4.78, 5) is 24.1. The molecule has 1 aromatic carbocycles. The van der Waals surface area contributed by atoms with Crippen molar-refractivity contribution in [3.63, 3.8) is 0 Å². The fourth-order valence-electron chi connectivity index (χ4n) is 4.65. The Morgan fingerprint density at radius 2 is 1.94 bits per heavy atom. The molecule has 0 amide bonds. The van der Waals surface area contributed by atoms with Gasteiger partial charge in [0.2, 0.25) is 5.75 Å². The highest BCUT2D eigenvalue weighted by molar-refractivity contribution is 5.83. The number of aromatic nitrogens is 5. The molecule has 0 atom stereocenters. The highest BCUT2D eigenvalue weighted by Crippen LogP contribution is 2.37. The number of hydrogen-bond donors (Lipinski definition) is 2. The fraction of sp³-hybridized carbons (Fsp3) is 0.407. The van der Waals surface area contributed by atoms with Gasteiger partial charge in [-0.1, -0.05) is 6.07 Å². The number of rotatable bonds is 9. The lowest BCUT2D eigenvalue weighted by Gasteiger charge is -2.27. The van der Waals surface area contributed by atoms with Crippen LogP contribution in [0.15, 0.2) is 42.9 Å². The van der Waals surface area contributed by atoms with Gasteiger partial charge < -0.3 is 19.8 Å². The third kappa shape index (κ3) is 5.17. The maximum absolute atomic E-state index is 5.92. The van der Waals surface area contributed by atoms with Gasteiger partial charge in [-0.2, -0.15) is 4.98 Å². The lowest BCUT2D eigenvalue weighted by atomic mass is 10.1. The van der Waals surface area contributed by atoms with Crippen LogP contribution in [0, 0.1) is 5.92 Å². The van der Waals surface area contributed by atoms with Gasteiger partial charge in [0.25, 0.3) is 5.88 Å². The van der Waals surface area contributed by atoms with E-state index in [1.54, 1.807) is 7.11 Å². The molecule has 4 aromatic rings. The molecule has 9 heteroatoms. The number of pyridine rings is 1. The van der Waals surface area contributed by atoms with E-state index in [0.717, 1.165) is 60.8 Å². The van der Waals surface area contributed by atoms with E-state index in [0.29, 0.717) is 36.3 Å². The topological polar surface area (TPSA) is 101 Å². The van der Waals surface area contributed by atoms with Crippen molar-refractivity contribution >= 4 is 11.0 Å². The van der Waals surface area contributed by atoms with Gasteiger partial charge in [-0.25, -0.2) is 9.97 Å². The van der Waals surface area contributed by atoms with Gasteiger partial charge in [0.15, 0.2) is 0 Å². The molecule has 2 N–H and O–H groups in total. The van der Waals surface area contributed by atoms with Crippen LogP contribution in [0.3, 0.4) is 0 Å². The second-order valence-electron chi connectivity index (χ2n) is 9.59. The maximum Gasteiger partial charge on any atom is 0.260 e. The molecule has 2 aliphatic rings. The molecule has 1 aliphatic carbocycles. The lowest BCUT2D eigenvalue weighted by molar-refractivity contribution is 0.233. The Balaban J connectivity index is 1.21. The normalized spacial score (nSPS) is 16.4. The molecule has 0 unspecified atom stereocenters. The van der Waals surface area contributed by atoms with Gasteiger partial charge in [0, 0.05) is 56.6 Å². The van der Waals surface area contributed by atoms with Crippen LogP contribution in [0.4, 0.5) is 0 Å². The summed E-state index contributed by atoms with van der Waals surface area (Å²) in [6.45, 7) is 5.88. The summed E-state index contributed by atoms with van der Waals surface area (Å²) in [7, 11) is 1.63. The first kappa shape index (κ1) is 22.9. The second kappa shape index (κ2) is 10.2. The van der Waals surface area contributed by atoms with E-state index in [4.69, 9.17) is 14.5 Å². The van der Waals surface area contributed by atoms with Crippen molar-refractivity contribution in [1.82, 2.24) is 35.1 Å². The SMILES string of the molecule is COc1c(OCC2CC2)ncnc1-c1ccc2nc(Cc3cc(CN4CCNCC4)ccn3)[nH]c2c1. The van der Waals surface area contributed by atoms with E-state index < -0.39 is 0 Å². The van der Waals surface area contributed by atoms with Gasteiger partial charge >= 0.3 is 0 Å². The summed E-state index contributed by atoms with van der Waals surface area (Å²) < 4.78 is 11.6. The molecule has 1 saturated heterocycles. The van der Waals surface area contributed by atoms with Crippen LogP contribution >= 0.6 is 0 Å². The van der Waals surface area contributed by atoms with Gasteiger partial charge in [0.1, 0.15) is 17.8 Å². The van der Waals surface area contributed by atoms with Crippen molar-refractivity contribution in [3.05, 3.63) is 59.9 Å². The van der Waals surface area contributed by atoms with Gasteiger partial charge in [-0.3, -0.25) is 9.88 Å². The average Bonchev–Trinajstić information content (AvgIpc) is 3.65. The molecule has 1 saturated carbocycles. The van der Waals surface area contributed by atoms with E-state index in [1.165, 1.54) is 24.7 Å². The summed E-state index contributed by atoms with van der Waals surface area (Å²) in [5.41, 5.74) is 5.78. The monoisotopic (exact) mass is 485 g/mol. The second-order valence-corrected chi connectivity index (χ2v) is 9.59. The minimum Gasteiger partial charge on any atom is -0.490 e. The van der Waals surface area contributed by atoms with Gasteiger partial charge in [0.05, 0.1) is 24.8 Å². The molecule has 4 heterocycles.